The average molecular weight is 119 g/mol. The topological polar surface area (TPSA) is 21.7 Å². The summed E-state index contributed by atoms with van der Waals surface area (Å²) in [6.07, 6.45) is 1.79. The van der Waals surface area contributed by atoms with Crippen LogP contribution in [0.15, 0.2) is 11.6 Å². The summed E-state index contributed by atoms with van der Waals surface area (Å²) in [5.41, 5.74) is 0. The first-order chi connectivity index (χ1) is 2.89. The maximum atomic E-state index is 4.62. The van der Waals surface area contributed by atoms with Crippen molar-refractivity contribution in [3.8, 4) is 0 Å². The summed E-state index contributed by atoms with van der Waals surface area (Å²) in [6, 6.07) is 0. The van der Waals surface area contributed by atoms with Crippen LogP contribution in [-0.2, 0) is 0 Å². The molecule has 1 rings (SSSR count). The van der Waals surface area contributed by atoms with Gasteiger partial charge in [0, 0.05) is 0 Å². The third-order valence-electron chi connectivity index (χ3n) is 0.405. The minimum absolute atomic E-state index is 1.45. The van der Waals surface area contributed by atoms with Crippen molar-refractivity contribution in [2.24, 2.45) is 0 Å². The van der Waals surface area contributed by atoms with E-state index >= 15 is 0 Å². The van der Waals surface area contributed by atoms with E-state index in [0.29, 0.717) is 0 Å². The largest absolute Gasteiger partial charge is 0.320 e. The molecule has 0 aliphatic rings. The molecule has 0 amide bonds. The van der Waals surface area contributed by atoms with Gasteiger partial charge in [0.05, 0.1) is 14.7 Å². The highest BCUT2D eigenvalue weighted by Gasteiger charge is 1.78. The van der Waals surface area contributed by atoms with Crippen LogP contribution >= 0.6 is 24.0 Å². The van der Waals surface area contributed by atoms with Crippen LogP contribution in [-0.4, -0.2) is 5.10 Å². The molecule has 1 heterocycles. The molecule has 0 saturated carbocycles. The molecule has 0 atom stereocenters. The molecule has 32 valence electrons. The van der Waals surface area contributed by atoms with Gasteiger partial charge in [-0.2, -0.15) is 0 Å². The van der Waals surface area contributed by atoms with Crippen molar-refractivity contribution in [1.82, 2.24) is 5.10 Å². The predicted molar refractivity (Wildman–Crippen MR) is 26.3 cm³/mol. The van der Waals surface area contributed by atoms with E-state index < -0.39 is 0 Å². The molecule has 0 spiro atoms. The zero-order valence-corrected chi connectivity index (χ0v) is 4.55. The van der Waals surface area contributed by atoms with Crippen LogP contribution in [0, 0.1) is 0 Å². The van der Waals surface area contributed by atoms with E-state index in [2.05, 4.69) is 17.5 Å². The highest BCUT2D eigenvalue weighted by molar-refractivity contribution is 7.67. The lowest BCUT2D eigenvalue weighted by atomic mass is 11.1. The number of hydrogen-bond acceptors (Lipinski definition) is 2. The van der Waals surface area contributed by atoms with Crippen molar-refractivity contribution in [2.75, 3.05) is 0 Å². The third-order valence-corrected chi connectivity index (χ3v) is 1.32. The number of nitrogens with zero attached hydrogens (tertiary/aromatic N) is 1. The summed E-state index contributed by atoms with van der Waals surface area (Å²) < 4.78 is 1.50. The van der Waals surface area contributed by atoms with Crippen LogP contribution in [0.25, 0.3) is 0 Å². The van der Waals surface area contributed by atoms with Gasteiger partial charge in [0.2, 0.25) is 0 Å². The van der Waals surface area contributed by atoms with Crippen molar-refractivity contribution < 1.29 is 3.12 Å². The van der Waals surface area contributed by atoms with Gasteiger partial charge >= 0.3 is 12.4 Å². The lowest BCUT2D eigenvalue weighted by Gasteiger charge is -1.43. The number of rotatable bonds is 0. The first-order valence-corrected chi connectivity index (χ1v) is 2.65. The molecule has 0 unspecified atom stereocenters. The molecule has 0 bridgehead atoms. The first kappa shape index (κ1) is 3.95. The SMILES string of the molecule is S=[n+]1[nH]ccs1. The summed E-state index contributed by atoms with van der Waals surface area (Å²) in [5, 5.41) is 4.63. The van der Waals surface area contributed by atoms with Crippen LogP contribution in [0.4, 0.5) is 0 Å². The number of nitrogens with one attached hydrogen (secondary N) is 1. The maximum absolute atomic E-state index is 4.62. The lowest BCUT2D eigenvalue weighted by molar-refractivity contribution is -0.428. The maximum Gasteiger partial charge on any atom is 0.320 e. The Bertz CT molecular complexity index is 147. The summed E-state index contributed by atoms with van der Waals surface area (Å²) >= 11 is 6.08. The van der Waals surface area contributed by atoms with Gasteiger partial charge in [0.15, 0.2) is 11.5 Å². The molecular weight excluding hydrogens is 116 g/mol. The van der Waals surface area contributed by atoms with Gasteiger partial charge in [-0.15, -0.1) is 5.10 Å². The fourth-order valence-corrected chi connectivity index (χ4v) is 0.771. The molecule has 0 aliphatic carbocycles. The molecule has 0 fully saturated rings. The highest BCUT2D eigenvalue weighted by atomic mass is 32.2. The van der Waals surface area contributed by atoms with E-state index in [0.717, 1.165) is 0 Å². The zero-order chi connectivity index (χ0) is 4.41. The summed E-state index contributed by atoms with van der Waals surface area (Å²) in [5.74, 6) is 0. The Labute approximate surface area is 44.4 Å². The molecule has 0 radical (unpaired) electrons. The van der Waals surface area contributed by atoms with Crippen molar-refractivity contribution in [2.45, 2.75) is 0 Å². The first-order valence-electron chi connectivity index (χ1n) is 1.45. The minimum atomic E-state index is 1.45. The van der Waals surface area contributed by atoms with Crippen molar-refractivity contribution in [1.29, 1.82) is 0 Å². The summed E-state index contributed by atoms with van der Waals surface area (Å²) in [4.78, 5) is 0. The predicted octanol–water partition coefficient (Wildman–Crippen LogP) is 0.605. The van der Waals surface area contributed by atoms with Crippen molar-refractivity contribution in [3.05, 3.63) is 11.6 Å². The van der Waals surface area contributed by atoms with Gasteiger partial charge in [0.25, 0.3) is 0 Å². The van der Waals surface area contributed by atoms with Crippen LogP contribution in [0.1, 0.15) is 0 Å². The Morgan fingerprint density at radius 2 is 2.67 bits per heavy atom. The molecule has 1 N–H and O–H groups in total. The lowest BCUT2D eigenvalue weighted by Crippen LogP contribution is -2.03. The van der Waals surface area contributed by atoms with E-state index in [9.17, 15) is 0 Å². The second kappa shape index (κ2) is 1.49. The Balaban J connectivity index is 3.41. The number of aromatic nitrogens is 2. The van der Waals surface area contributed by atoms with Gasteiger partial charge in [-0.3, -0.25) is 0 Å². The monoisotopic (exact) mass is 119 g/mol. The Morgan fingerprint density at radius 1 is 1.83 bits per heavy atom. The van der Waals surface area contributed by atoms with E-state index in [4.69, 9.17) is 0 Å². The number of aromatic amines is 1. The van der Waals surface area contributed by atoms with Gasteiger partial charge in [-0.25, -0.2) is 0 Å². The van der Waals surface area contributed by atoms with Crippen LogP contribution in [0.2, 0.25) is 0 Å². The second-order valence-electron chi connectivity index (χ2n) is 0.794. The molecular formula is C2H3N2S2+. The summed E-state index contributed by atoms with van der Waals surface area (Å²) in [6.45, 7) is 0. The summed E-state index contributed by atoms with van der Waals surface area (Å²) in [7, 11) is 0. The number of H-pyrrole nitrogens is 1. The molecule has 0 aromatic carbocycles. The fourth-order valence-electron chi connectivity index (χ4n) is 0.207. The highest BCUT2D eigenvalue weighted by Crippen LogP contribution is 1.75. The molecule has 6 heavy (non-hydrogen) atoms. The Morgan fingerprint density at radius 3 is 2.83 bits per heavy atom. The van der Waals surface area contributed by atoms with E-state index in [-0.39, 0.29) is 0 Å². The average Bonchev–Trinajstić information content (AvgIpc) is 1.86. The van der Waals surface area contributed by atoms with Crippen LogP contribution in [0.3, 0.4) is 0 Å². The normalized spacial score (nSPS) is 8.67. The van der Waals surface area contributed by atoms with E-state index in [1.807, 2.05) is 5.38 Å². The molecule has 1 aromatic heterocycles. The van der Waals surface area contributed by atoms with Crippen molar-refractivity contribution >= 4 is 24.0 Å². The van der Waals surface area contributed by atoms with Crippen LogP contribution < -0.4 is 3.12 Å². The van der Waals surface area contributed by atoms with Crippen LogP contribution in [0.5, 0.6) is 0 Å². The van der Waals surface area contributed by atoms with Gasteiger partial charge < -0.3 is 0 Å². The number of hydrogen-bond donors (Lipinski definition) is 1. The molecule has 2 nitrogen and oxygen atoms in total. The fraction of sp³-hybridized carbons (Fsp3) is 0. The molecule has 0 aliphatic heterocycles. The van der Waals surface area contributed by atoms with Gasteiger partial charge in [0.1, 0.15) is 0 Å². The van der Waals surface area contributed by atoms with E-state index in [1.165, 1.54) is 14.6 Å². The second-order valence-corrected chi connectivity index (χ2v) is 2.24. The van der Waals surface area contributed by atoms with Gasteiger partial charge in [-0.05, 0) is 0 Å². The smallest absolute Gasteiger partial charge is 0.140 e. The third kappa shape index (κ3) is 0.636. The van der Waals surface area contributed by atoms with E-state index in [1.54, 1.807) is 6.20 Å². The molecule has 1 aromatic rings. The Kier molecular flexibility index (Phi) is 0.979. The van der Waals surface area contributed by atoms with Gasteiger partial charge in [-0.1, -0.05) is 0 Å². The molecule has 0 saturated heterocycles. The minimum Gasteiger partial charge on any atom is -0.140 e. The zero-order valence-electron chi connectivity index (χ0n) is 2.92. The standard InChI is InChI=1S/C2H3N2S2/c5-4-3-1-2-6-4/h1-2H,(H,3,5)/q+1. The quantitative estimate of drug-likeness (QED) is 0.496. The Hall–Kier alpha value is -0.220. The molecule has 4 heteroatoms. The van der Waals surface area contributed by atoms with Crippen molar-refractivity contribution in [3.63, 3.8) is 0 Å².